The number of nitrogens with one attached hydrogen (secondary N) is 1. The summed E-state index contributed by atoms with van der Waals surface area (Å²) < 4.78 is 13.0. The Morgan fingerprint density at radius 1 is 1.00 bits per heavy atom. The molecule has 0 radical (unpaired) electrons. The molecule has 134 valence electrons. The molecular weight excluding hydrogens is 327 g/mol. The van der Waals surface area contributed by atoms with E-state index in [0.29, 0.717) is 12.4 Å². The number of aromatic nitrogens is 2. The number of hydrogen-bond donors (Lipinski definition) is 1. The van der Waals surface area contributed by atoms with Crippen LogP contribution in [-0.4, -0.2) is 16.5 Å². The van der Waals surface area contributed by atoms with E-state index in [1.165, 1.54) is 17.7 Å². The number of rotatable bonds is 6. The molecule has 0 fully saturated rings. The Kier molecular flexibility index (Phi) is 5.46. The van der Waals surface area contributed by atoms with Crippen LogP contribution in [0.2, 0.25) is 0 Å². The number of aryl methyl sites for hydroxylation is 2. The zero-order valence-electron chi connectivity index (χ0n) is 15.3. The molecule has 0 amide bonds. The fourth-order valence-corrected chi connectivity index (χ4v) is 2.85. The van der Waals surface area contributed by atoms with Crippen LogP contribution in [0.25, 0.3) is 0 Å². The summed E-state index contributed by atoms with van der Waals surface area (Å²) in [5, 5.41) is 3.30. The van der Waals surface area contributed by atoms with Gasteiger partial charge in [0.2, 0.25) is 0 Å². The van der Waals surface area contributed by atoms with Crippen molar-refractivity contribution < 1.29 is 4.39 Å². The van der Waals surface area contributed by atoms with Crippen LogP contribution >= 0.6 is 0 Å². The maximum atomic E-state index is 13.0. The molecule has 3 aromatic rings. The van der Waals surface area contributed by atoms with Gasteiger partial charge in [0, 0.05) is 24.8 Å². The van der Waals surface area contributed by atoms with Crippen LogP contribution in [0.1, 0.15) is 23.9 Å². The highest BCUT2D eigenvalue weighted by Gasteiger charge is 2.11. The first-order chi connectivity index (χ1) is 12.5. The molecule has 0 atom stereocenters. The molecule has 2 aromatic carbocycles. The van der Waals surface area contributed by atoms with Gasteiger partial charge in [0.15, 0.2) is 0 Å². The Morgan fingerprint density at radius 3 is 2.46 bits per heavy atom. The first-order valence-electron chi connectivity index (χ1n) is 8.73. The summed E-state index contributed by atoms with van der Waals surface area (Å²) in [5.41, 5.74) is 3.31. The molecular formula is C21H23FN4. The Morgan fingerprint density at radius 2 is 1.77 bits per heavy atom. The van der Waals surface area contributed by atoms with Crippen LogP contribution in [0.15, 0.2) is 54.6 Å². The predicted octanol–water partition coefficient (Wildman–Crippen LogP) is 5.00. The second-order valence-corrected chi connectivity index (χ2v) is 6.22. The molecule has 0 saturated carbocycles. The minimum absolute atomic E-state index is 0.231. The third kappa shape index (κ3) is 4.36. The van der Waals surface area contributed by atoms with Crippen molar-refractivity contribution in [2.75, 3.05) is 16.8 Å². The highest BCUT2D eigenvalue weighted by atomic mass is 19.1. The van der Waals surface area contributed by atoms with Crippen LogP contribution in [0, 0.1) is 19.7 Å². The lowest BCUT2D eigenvalue weighted by Gasteiger charge is -2.23. The van der Waals surface area contributed by atoms with Crippen LogP contribution in [0.5, 0.6) is 0 Å². The summed E-state index contributed by atoms with van der Waals surface area (Å²) in [7, 11) is 0. The molecule has 26 heavy (non-hydrogen) atoms. The van der Waals surface area contributed by atoms with Gasteiger partial charge < -0.3 is 10.2 Å². The molecule has 1 N–H and O–H groups in total. The van der Waals surface area contributed by atoms with E-state index in [2.05, 4.69) is 58.3 Å². The monoisotopic (exact) mass is 350 g/mol. The van der Waals surface area contributed by atoms with E-state index in [-0.39, 0.29) is 5.82 Å². The van der Waals surface area contributed by atoms with Gasteiger partial charge >= 0.3 is 0 Å². The predicted molar refractivity (Wildman–Crippen MR) is 104 cm³/mol. The quantitative estimate of drug-likeness (QED) is 0.679. The average Bonchev–Trinajstić information content (AvgIpc) is 2.62. The van der Waals surface area contributed by atoms with Crippen molar-refractivity contribution in [2.24, 2.45) is 0 Å². The lowest BCUT2D eigenvalue weighted by molar-refractivity contribution is 0.627. The Balaban J connectivity index is 1.83. The largest absolute Gasteiger partial charge is 0.366 e. The van der Waals surface area contributed by atoms with Crippen LogP contribution < -0.4 is 10.2 Å². The molecule has 0 aliphatic heterocycles. The fraction of sp³-hybridized carbons (Fsp3) is 0.238. The highest BCUT2D eigenvalue weighted by molar-refractivity contribution is 5.63. The molecule has 0 aliphatic carbocycles. The topological polar surface area (TPSA) is 41.0 Å². The molecule has 1 aromatic heterocycles. The maximum absolute atomic E-state index is 13.0. The Hall–Kier alpha value is -2.95. The van der Waals surface area contributed by atoms with Gasteiger partial charge in [0.1, 0.15) is 23.3 Å². The average molecular weight is 350 g/mol. The SMILES string of the molecule is CCN(c1cccc(C)c1)c1cc(NCc2ccc(F)cc2)nc(C)n1. The van der Waals surface area contributed by atoms with Gasteiger partial charge in [-0.1, -0.05) is 24.3 Å². The molecule has 0 aliphatic rings. The van der Waals surface area contributed by atoms with Crippen LogP contribution in [0.4, 0.5) is 21.7 Å². The zero-order valence-corrected chi connectivity index (χ0v) is 15.3. The molecule has 0 bridgehead atoms. The van der Waals surface area contributed by atoms with Crippen LogP contribution in [0.3, 0.4) is 0 Å². The van der Waals surface area contributed by atoms with Crippen molar-refractivity contribution in [3.8, 4) is 0 Å². The van der Waals surface area contributed by atoms with Crippen molar-refractivity contribution in [2.45, 2.75) is 27.3 Å². The molecule has 4 nitrogen and oxygen atoms in total. The smallest absolute Gasteiger partial charge is 0.138 e. The number of hydrogen-bond acceptors (Lipinski definition) is 4. The fourth-order valence-electron chi connectivity index (χ4n) is 2.85. The summed E-state index contributed by atoms with van der Waals surface area (Å²) in [4.78, 5) is 11.2. The normalized spacial score (nSPS) is 10.6. The summed E-state index contributed by atoms with van der Waals surface area (Å²) in [6.45, 7) is 7.45. The zero-order chi connectivity index (χ0) is 18.5. The van der Waals surface area contributed by atoms with Gasteiger partial charge in [0.05, 0.1) is 0 Å². The van der Waals surface area contributed by atoms with Crippen molar-refractivity contribution in [3.63, 3.8) is 0 Å². The second kappa shape index (κ2) is 7.95. The lowest BCUT2D eigenvalue weighted by Crippen LogP contribution is -2.18. The van der Waals surface area contributed by atoms with E-state index in [1.807, 2.05) is 13.0 Å². The van der Waals surface area contributed by atoms with Gasteiger partial charge in [0.25, 0.3) is 0 Å². The minimum Gasteiger partial charge on any atom is -0.366 e. The van der Waals surface area contributed by atoms with E-state index >= 15 is 0 Å². The standard InChI is InChI=1S/C21H23FN4/c1-4-26(19-7-5-6-15(2)12-19)21-13-20(24-16(3)25-21)23-14-17-8-10-18(22)11-9-17/h5-13H,4,14H2,1-3H3,(H,23,24,25). The molecule has 0 unspecified atom stereocenters. The third-order valence-electron chi connectivity index (χ3n) is 4.12. The summed E-state index contributed by atoms with van der Waals surface area (Å²) in [6, 6.07) is 16.8. The third-order valence-corrected chi connectivity index (χ3v) is 4.12. The first kappa shape index (κ1) is 17.9. The van der Waals surface area contributed by atoms with Crippen LogP contribution in [-0.2, 0) is 6.54 Å². The Labute approximate surface area is 153 Å². The molecule has 1 heterocycles. The van der Waals surface area contributed by atoms with E-state index in [9.17, 15) is 4.39 Å². The van der Waals surface area contributed by atoms with E-state index in [4.69, 9.17) is 0 Å². The van der Waals surface area contributed by atoms with Crippen molar-refractivity contribution in [1.29, 1.82) is 0 Å². The summed E-state index contributed by atoms with van der Waals surface area (Å²) in [5.74, 6) is 2.08. The van der Waals surface area contributed by atoms with Crippen molar-refractivity contribution in [1.82, 2.24) is 9.97 Å². The number of benzene rings is 2. The van der Waals surface area contributed by atoms with Gasteiger partial charge in [-0.2, -0.15) is 0 Å². The number of nitrogens with zero attached hydrogens (tertiary/aromatic N) is 3. The van der Waals surface area contributed by atoms with E-state index in [0.717, 1.165) is 29.4 Å². The van der Waals surface area contributed by atoms with Gasteiger partial charge in [-0.05, 0) is 56.2 Å². The molecule has 3 rings (SSSR count). The summed E-state index contributed by atoms with van der Waals surface area (Å²) >= 11 is 0. The maximum Gasteiger partial charge on any atom is 0.138 e. The Bertz CT molecular complexity index is 877. The molecule has 5 heteroatoms. The van der Waals surface area contributed by atoms with E-state index in [1.54, 1.807) is 12.1 Å². The van der Waals surface area contributed by atoms with Gasteiger partial charge in [-0.25, -0.2) is 14.4 Å². The first-order valence-corrected chi connectivity index (χ1v) is 8.73. The minimum atomic E-state index is -0.231. The van der Waals surface area contributed by atoms with Gasteiger partial charge in [-0.15, -0.1) is 0 Å². The number of halogens is 1. The number of anilines is 3. The second-order valence-electron chi connectivity index (χ2n) is 6.22. The van der Waals surface area contributed by atoms with Gasteiger partial charge in [-0.3, -0.25) is 0 Å². The highest BCUT2D eigenvalue weighted by Crippen LogP contribution is 2.26. The molecule has 0 saturated heterocycles. The summed E-state index contributed by atoms with van der Waals surface area (Å²) in [6.07, 6.45) is 0. The molecule has 0 spiro atoms. The van der Waals surface area contributed by atoms with Crippen molar-refractivity contribution in [3.05, 3.63) is 77.4 Å². The van der Waals surface area contributed by atoms with E-state index < -0.39 is 0 Å². The lowest BCUT2D eigenvalue weighted by atomic mass is 10.2. The van der Waals surface area contributed by atoms with Crippen molar-refractivity contribution >= 4 is 17.3 Å².